The molecule has 2 fully saturated rings. The van der Waals surface area contributed by atoms with Crippen molar-refractivity contribution in [3.05, 3.63) is 60.7 Å². The van der Waals surface area contributed by atoms with E-state index in [1.54, 1.807) is 0 Å². The van der Waals surface area contributed by atoms with Crippen molar-refractivity contribution in [2.45, 2.75) is 25.0 Å². The van der Waals surface area contributed by atoms with E-state index in [0.29, 0.717) is 0 Å². The zero-order valence-corrected chi connectivity index (χ0v) is 15.3. The summed E-state index contributed by atoms with van der Waals surface area (Å²) in [4.78, 5) is 4.96. The molecule has 2 aliphatic rings. The van der Waals surface area contributed by atoms with Crippen LogP contribution in [-0.2, 0) is 9.47 Å². The Morgan fingerprint density at radius 2 is 1.35 bits per heavy atom. The minimum absolute atomic E-state index is 0.267. The van der Waals surface area contributed by atoms with Gasteiger partial charge in [-0.05, 0) is 37.2 Å². The first kappa shape index (κ1) is 17.5. The molecule has 0 saturated carbocycles. The number of hydrogen-bond donors (Lipinski definition) is 0. The number of anilines is 2. The highest BCUT2D eigenvalue weighted by Gasteiger charge is 2.39. The summed E-state index contributed by atoms with van der Waals surface area (Å²) >= 11 is 0. The molecule has 0 aromatic heterocycles. The van der Waals surface area contributed by atoms with Gasteiger partial charge < -0.3 is 19.3 Å². The molecule has 2 aromatic carbocycles. The minimum atomic E-state index is -0.267. The summed E-state index contributed by atoms with van der Waals surface area (Å²) in [5.41, 5.74) is 2.51. The highest BCUT2D eigenvalue weighted by molar-refractivity contribution is 5.62. The predicted molar refractivity (Wildman–Crippen MR) is 105 cm³/mol. The van der Waals surface area contributed by atoms with E-state index in [4.69, 9.17) is 9.47 Å². The van der Waals surface area contributed by atoms with E-state index in [9.17, 15) is 0 Å². The summed E-state index contributed by atoms with van der Waals surface area (Å²) in [7, 11) is 0. The van der Waals surface area contributed by atoms with Crippen molar-refractivity contribution in [1.29, 1.82) is 0 Å². The third-order valence-corrected chi connectivity index (χ3v) is 5.42. The maximum absolute atomic E-state index is 5.83. The van der Waals surface area contributed by atoms with Crippen LogP contribution in [0, 0.1) is 0 Å². The largest absolute Gasteiger partial charge is 0.347 e. The molecule has 0 aliphatic carbocycles. The Kier molecular flexibility index (Phi) is 5.54. The number of nitrogens with zero attached hydrogens (tertiary/aromatic N) is 2. The lowest BCUT2D eigenvalue weighted by Crippen LogP contribution is -2.45. The van der Waals surface area contributed by atoms with Gasteiger partial charge in [0.2, 0.25) is 0 Å². The molecule has 4 nitrogen and oxygen atoms in total. The number of likely N-dealkylation sites (tertiary alicyclic amines) is 1. The van der Waals surface area contributed by atoms with E-state index in [1.165, 1.54) is 11.4 Å². The van der Waals surface area contributed by atoms with Crippen molar-refractivity contribution in [2.24, 2.45) is 0 Å². The molecule has 0 amide bonds. The molecule has 26 heavy (non-hydrogen) atoms. The fourth-order valence-corrected chi connectivity index (χ4v) is 3.98. The lowest BCUT2D eigenvalue weighted by atomic mass is 10.0. The molecular weight excluding hydrogens is 324 g/mol. The van der Waals surface area contributed by atoms with Gasteiger partial charge in [0.05, 0.1) is 13.2 Å². The van der Waals surface area contributed by atoms with Gasteiger partial charge in [0, 0.05) is 43.9 Å². The summed E-state index contributed by atoms with van der Waals surface area (Å²) in [6.45, 7) is 5.77. The SMILES string of the molecule is c1ccc(N(CCCN2CCC3(CC2)OCCO3)c2ccccc2)cc1. The smallest absolute Gasteiger partial charge is 0.170 e. The summed E-state index contributed by atoms with van der Waals surface area (Å²) < 4.78 is 11.7. The van der Waals surface area contributed by atoms with Crippen LogP contribution in [0.4, 0.5) is 11.4 Å². The van der Waals surface area contributed by atoms with Crippen molar-refractivity contribution < 1.29 is 9.47 Å². The highest BCUT2D eigenvalue weighted by atomic mass is 16.7. The van der Waals surface area contributed by atoms with Crippen LogP contribution in [0.5, 0.6) is 0 Å². The number of piperidine rings is 1. The van der Waals surface area contributed by atoms with Crippen molar-refractivity contribution in [3.8, 4) is 0 Å². The number of rotatable bonds is 6. The fraction of sp³-hybridized carbons (Fsp3) is 0.455. The maximum Gasteiger partial charge on any atom is 0.170 e. The zero-order chi connectivity index (χ0) is 17.7. The first-order valence-corrected chi connectivity index (χ1v) is 9.73. The molecule has 2 saturated heterocycles. The van der Waals surface area contributed by atoms with E-state index >= 15 is 0 Å². The molecule has 138 valence electrons. The minimum Gasteiger partial charge on any atom is -0.347 e. The second-order valence-corrected chi connectivity index (χ2v) is 7.13. The Balaban J connectivity index is 1.33. The molecule has 4 heteroatoms. The average Bonchev–Trinajstić information content (AvgIpc) is 3.16. The number of benzene rings is 2. The predicted octanol–water partition coefficient (Wildman–Crippen LogP) is 4.05. The summed E-state index contributed by atoms with van der Waals surface area (Å²) in [5, 5.41) is 0. The monoisotopic (exact) mass is 352 g/mol. The van der Waals surface area contributed by atoms with E-state index in [0.717, 1.165) is 58.7 Å². The Bertz CT molecular complexity index is 622. The van der Waals surface area contributed by atoms with E-state index in [2.05, 4.69) is 70.5 Å². The topological polar surface area (TPSA) is 24.9 Å². The van der Waals surface area contributed by atoms with Crippen LogP contribution in [0.25, 0.3) is 0 Å². The lowest BCUT2D eigenvalue weighted by Gasteiger charge is -2.37. The van der Waals surface area contributed by atoms with Crippen molar-refractivity contribution >= 4 is 11.4 Å². The zero-order valence-electron chi connectivity index (χ0n) is 15.3. The molecule has 4 rings (SSSR count). The quantitative estimate of drug-likeness (QED) is 0.783. The van der Waals surface area contributed by atoms with E-state index < -0.39 is 0 Å². The van der Waals surface area contributed by atoms with Gasteiger partial charge in [0.1, 0.15) is 0 Å². The van der Waals surface area contributed by atoms with Gasteiger partial charge >= 0.3 is 0 Å². The highest BCUT2D eigenvalue weighted by Crippen LogP contribution is 2.31. The van der Waals surface area contributed by atoms with Gasteiger partial charge in [0.15, 0.2) is 5.79 Å². The fourth-order valence-electron chi connectivity index (χ4n) is 3.98. The number of hydrogen-bond acceptors (Lipinski definition) is 4. The molecular formula is C22H28N2O2. The van der Waals surface area contributed by atoms with Crippen LogP contribution in [0.15, 0.2) is 60.7 Å². The van der Waals surface area contributed by atoms with Crippen LogP contribution in [-0.4, -0.2) is 50.1 Å². The van der Waals surface area contributed by atoms with Crippen LogP contribution in [0.3, 0.4) is 0 Å². The molecule has 0 atom stereocenters. The molecule has 0 radical (unpaired) electrons. The first-order valence-electron chi connectivity index (χ1n) is 9.73. The second kappa shape index (κ2) is 8.21. The van der Waals surface area contributed by atoms with Gasteiger partial charge in [-0.25, -0.2) is 0 Å². The molecule has 1 spiro atoms. The van der Waals surface area contributed by atoms with Gasteiger partial charge in [-0.1, -0.05) is 36.4 Å². The standard InChI is InChI=1S/C22H28N2O2/c1-3-8-20(9-4-1)24(21-10-5-2-6-11-21)15-7-14-23-16-12-22(13-17-23)25-18-19-26-22/h1-6,8-11H,7,12-19H2. The van der Waals surface area contributed by atoms with Gasteiger partial charge in [-0.3, -0.25) is 0 Å². The lowest BCUT2D eigenvalue weighted by molar-refractivity contribution is -0.185. The summed E-state index contributed by atoms with van der Waals surface area (Å²) in [6, 6.07) is 21.3. The van der Waals surface area contributed by atoms with Crippen LogP contribution in [0.2, 0.25) is 0 Å². The molecule has 0 N–H and O–H groups in total. The first-order chi connectivity index (χ1) is 12.8. The Morgan fingerprint density at radius 1 is 0.808 bits per heavy atom. The molecule has 2 aliphatic heterocycles. The average molecular weight is 352 g/mol. The Morgan fingerprint density at radius 3 is 1.88 bits per heavy atom. The Hall–Kier alpha value is -1.88. The van der Waals surface area contributed by atoms with Gasteiger partial charge in [-0.15, -0.1) is 0 Å². The molecule has 2 heterocycles. The normalized spacial score (nSPS) is 19.7. The summed E-state index contributed by atoms with van der Waals surface area (Å²) in [5.74, 6) is -0.267. The number of ether oxygens (including phenoxy) is 2. The van der Waals surface area contributed by atoms with Gasteiger partial charge in [-0.2, -0.15) is 0 Å². The molecule has 0 unspecified atom stereocenters. The van der Waals surface area contributed by atoms with Crippen molar-refractivity contribution in [1.82, 2.24) is 4.90 Å². The molecule has 0 bridgehead atoms. The molecule has 2 aromatic rings. The van der Waals surface area contributed by atoms with Crippen molar-refractivity contribution in [3.63, 3.8) is 0 Å². The van der Waals surface area contributed by atoms with E-state index in [1.807, 2.05) is 0 Å². The number of para-hydroxylation sites is 2. The third-order valence-electron chi connectivity index (χ3n) is 5.42. The van der Waals surface area contributed by atoms with Crippen LogP contribution < -0.4 is 4.90 Å². The summed E-state index contributed by atoms with van der Waals surface area (Å²) in [6.07, 6.45) is 3.13. The van der Waals surface area contributed by atoms with Crippen LogP contribution in [0.1, 0.15) is 19.3 Å². The Labute approximate surface area is 156 Å². The van der Waals surface area contributed by atoms with E-state index in [-0.39, 0.29) is 5.79 Å². The maximum atomic E-state index is 5.83. The third kappa shape index (κ3) is 4.09. The van der Waals surface area contributed by atoms with Gasteiger partial charge in [0.25, 0.3) is 0 Å². The van der Waals surface area contributed by atoms with Crippen molar-refractivity contribution in [2.75, 3.05) is 44.3 Å². The second-order valence-electron chi connectivity index (χ2n) is 7.13. The van der Waals surface area contributed by atoms with Crippen LogP contribution >= 0.6 is 0 Å².